The van der Waals surface area contributed by atoms with E-state index < -0.39 is 11.5 Å². The number of carbonyl (C=O) groups is 2. The summed E-state index contributed by atoms with van der Waals surface area (Å²) in [6.45, 7) is 2.69. The summed E-state index contributed by atoms with van der Waals surface area (Å²) in [4.78, 5) is 25.6. The van der Waals surface area contributed by atoms with Crippen LogP contribution in [-0.4, -0.2) is 48.1 Å². The zero-order chi connectivity index (χ0) is 25.0. The fourth-order valence-corrected chi connectivity index (χ4v) is 4.77. The Balaban J connectivity index is 1.33. The van der Waals surface area contributed by atoms with E-state index in [1.165, 1.54) is 4.68 Å². The van der Waals surface area contributed by atoms with E-state index in [0.717, 1.165) is 42.7 Å². The Morgan fingerprint density at radius 1 is 1.06 bits per heavy atom. The Hall–Kier alpha value is -4.01. The Bertz CT molecular complexity index is 1230. The quantitative estimate of drug-likeness (QED) is 0.479. The first-order valence-corrected chi connectivity index (χ1v) is 12.2. The van der Waals surface area contributed by atoms with Crippen molar-refractivity contribution < 1.29 is 28.5 Å². The number of amides is 1. The molecule has 2 aliphatic rings. The minimum atomic E-state index is -0.605. The average Bonchev–Trinajstić information content (AvgIpc) is 3.56. The second kappa shape index (κ2) is 10.3. The van der Waals surface area contributed by atoms with Gasteiger partial charge in [0.2, 0.25) is 5.69 Å². The molecular weight excluding hydrogens is 462 g/mol. The molecule has 3 aromatic rings. The van der Waals surface area contributed by atoms with Crippen LogP contribution < -0.4 is 19.5 Å². The summed E-state index contributed by atoms with van der Waals surface area (Å²) in [5.41, 5.74) is 1.26. The fourth-order valence-electron chi connectivity index (χ4n) is 4.77. The van der Waals surface area contributed by atoms with Crippen molar-refractivity contribution in [2.75, 3.05) is 26.4 Å². The van der Waals surface area contributed by atoms with Crippen LogP contribution in [0.4, 0.5) is 0 Å². The normalized spacial score (nSPS) is 15.8. The van der Waals surface area contributed by atoms with Crippen molar-refractivity contribution in [2.45, 2.75) is 38.1 Å². The van der Waals surface area contributed by atoms with Gasteiger partial charge in [-0.3, -0.25) is 4.79 Å². The Morgan fingerprint density at radius 2 is 1.81 bits per heavy atom. The molecule has 1 fully saturated rings. The molecule has 36 heavy (non-hydrogen) atoms. The van der Waals surface area contributed by atoms with Crippen molar-refractivity contribution in [2.24, 2.45) is 0 Å². The second-order valence-electron chi connectivity index (χ2n) is 8.83. The van der Waals surface area contributed by atoms with Gasteiger partial charge in [-0.15, -0.1) is 0 Å². The number of carbonyl (C=O) groups excluding carboxylic acids is 2. The molecule has 0 radical (unpaired) electrons. The van der Waals surface area contributed by atoms with Crippen LogP contribution in [0.5, 0.6) is 17.2 Å². The molecule has 1 aliphatic carbocycles. The van der Waals surface area contributed by atoms with Gasteiger partial charge in [0.1, 0.15) is 13.2 Å². The van der Waals surface area contributed by atoms with Gasteiger partial charge in [0.15, 0.2) is 23.9 Å². The molecule has 0 spiro atoms. The molecule has 9 nitrogen and oxygen atoms in total. The number of rotatable bonds is 8. The number of ether oxygens (including phenoxy) is 4. The summed E-state index contributed by atoms with van der Waals surface area (Å²) in [6.07, 6.45) is 5.23. The Kier molecular flexibility index (Phi) is 6.79. The molecule has 1 saturated carbocycles. The lowest BCUT2D eigenvalue weighted by atomic mass is 9.87. The molecule has 0 bridgehead atoms. The predicted octanol–water partition coefficient (Wildman–Crippen LogP) is 3.78. The van der Waals surface area contributed by atoms with Crippen LogP contribution in [0.3, 0.4) is 0 Å². The first-order valence-electron chi connectivity index (χ1n) is 12.2. The molecule has 1 N–H and O–H groups in total. The Morgan fingerprint density at radius 3 is 2.56 bits per heavy atom. The maximum atomic E-state index is 13.1. The van der Waals surface area contributed by atoms with Crippen molar-refractivity contribution in [3.63, 3.8) is 0 Å². The van der Waals surface area contributed by atoms with Gasteiger partial charge in [-0.05, 0) is 49.6 Å². The summed E-state index contributed by atoms with van der Waals surface area (Å²) < 4.78 is 23.9. The van der Waals surface area contributed by atoms with E-state index in [4.69, 9.17) is 18.9 Å². The van der Waals surface area contributed by atoms with Crippen LogP contribution in [0, 0.1) is 0 Å². The first-order chi connectivity index (χ1) is 17.6. The number of para-hydroxylation sites is 1. The van der Waals surface area contributed by atoms with Crippen LogP contribution in [0.2, 0.25) is 0 Å². The fraction of sp³-hybridized carbons (Fsp3) is 0.370. The zero-order valence-electron chi connectivity index (χ0n) is 20.2. The van der Waals surface area contributed by atoms with Crippen molar-refractivity contribution in [1.29, 1.82) is 0 Å². The standard InChI is InChI=1S/C27H29N3O6/c1-2-33-26(32)25-23(17-30(29-25)20-8-4-3-5-9-20)36-18-24(31)28-27(12-6-7-13-27)19-10-11-21-22(16-19)35-15-14-34-21/h3-5,8-11,16-17H,2,6-7,12-15,18H2,1H3,(H,28,31). The number of hydrogen-bond donors (Lipinski definition) is 1. The molecule has 188 valence electrons. The third-order valence-electron chi connectivity index (χ3n) is 6.46. The van der Waals surface area contributed by atoms with E-state index in [-0.39, 0.29) is 30.6 Å². The highest BCUT2D eigenvalue weighted by molar-refractivity contribution is 5.90. The number of benzene rings is 2. The topological polar surface area (TPSA) is 101 Å². The number of nitrogens with zero attached hydrogens (tertiary/aromatic N) is 2. The molecule has 1 amide bonds. The van der Waals surface area contributed by atoms with Gasteiger partial charge in [0.25, 0.3) is 5.91 Å². The monoisotopic (exact) mass is 491 g/mol. The Labute approximate surface area is 209 Å². The van der Waals surface area contributed by atoms with E-state index in [0.29, 0.717) is 19.0 Å². The lowest BCUT2D eigenvalue weighted by molar-refractivity contribution is -0.125. The summed E-state index contributed by atoms with van der Waals surface area (Å²) in [5, 5.41) is 7.54. The highest BCUT2D eigenvalue weighted by Crippen LogP contribution is 2.42. The molecule has 0 saturated heterocycles. The van der Waals surface area contributed by atoms with Crippen molar-refractivity contribution in [3.05, 3.63) is 66.0 Å². The first kappa shape index (κ1) is 23.7. The second-order valence-corrected chi connectivity index (χ2v) is 8.83. The maximum absolute atomic E-state index is 13.1. The van der Waals surface area contributed by atoms with Gasteiger partial charge in [-0.2, -0.15) is 5.10 Å². The number of fused-ring (bicyclic) bond motifs is 1. The minimum Gasteiger partial charge on any atom is -0.486 e. The molecule has 1 aliphatic heterocycles. The number of esters is 1. The van der Waals surface area contributed by atoms with E-state index in [1.54, 1.807) is 13.1 Å². The highest BCUT2D eigenvalue weighted by atomic mass is 16.6. The molecule has 9 heteroatoms. The summed E-state index contributed by atoms with van der Waals surface area (Å²) >= 11 is 0. The van der Waals surface area contributed by atoms with Crippen molar-refractivity contribution >= 4 is 11.9 Å². The molecular formula is C27H29N3O6. The number of nitrogens with one attached hydrogen (secondary N) is 1. The van der Waals surface area contributed by atoms with Gasteiger partial charge < -0.3 is 24.3 Å². The predicted molar refractivity (Wildman–Crippen MR) is 131 cm³/mol. The highest BCUT2D eigenvalue weighted by Gasteiger charge is 2.38. The van der Waals surface area contributed by atoms with Crippen LogP contribution in [-0.2, 0) is 15.1 Å². The third kappa shape index (κ3) is 4.86. The van der Waals surface area contributed by atoms with Crippen LogP contribution in [0.15, 0.2) is 54.7 Å². The van der Waals surface area contributed by atoms with Gasteiger partial charge in [-0.1, -0.05) is 37.1 Å². The maximum Gasteiger partial charge on any atom is 0.362 e. The van der Waals surface area contributed by atoms with Gasteiger partial charge >= 0.3 is 5.97 Å². The van der Waals surface area contributed by atoms with Crippen LogP contribution in [0.25, 0.3) is 5.69 Å². The van der Waals surface area contributed by atoms with E-state index >= 15 is 0 Å². The number of hydrogen-bond acceptors (Lipinski definition) is 7. The summed E-state index contributed by atoms with van der Waals surface area (Å²) in [5.74, 6) is 0.713. The van der Waals surface area contributed by atoms with Crippen molar-refractivity contribution in [1.82, 2.24) is 15.1 Å². The lowest BCUT2D eigenvalue weighted by Gasteiger charge is -2.32. The van der Waals surface area contributed by atoms with Gasteiger partial charge in [0, 0.05) is 0 Å². The van der Waals surface area contributed by atoms with E-state index in [9.17, 15) is 9.59 Å². The average molecular weight is 492 g/mol. The van der Waals surface area contributed by atoms with E-state index in [2.05, 4.69) is 10.4 Å². The van der Waals surface area contributed by atoms with Crippen LogP contribution in [0.1, 0.15) is 48.7 Å². The molecule has 0 atom stereocenters. The molecule has 2 heterocycles. The smallest absolute Gasteiger partial charge is 0.362 e. The lowest BCUT2D eigenvalue weighted by Crippen LogP contribution is -2.45. The summed E-state index contributed by atoms with van der Waals surface area (Å²) in [6, 6.07) is 15.2. The van der Waals surface area contributed by atoms with E-state index in [1.807, 2.05) is 48.5 Å². The SMILES string of the molecule is CCOC(=O)c1nn(-c2ccccc2)cc1OCC(=O)NC1(c2ccc3c(c2)OCCO3)CCCC1. The molecule has 0 unspecified atom stereocenters. The van der Waals surface area contributed by atoms with Crippen molar-refractivity contribution in [3.8, 4) is 22.9 Å². The van der Waals surface area contributed by atoms with Gasteiger partial charge in [-0.25, -0.2) is 9.48 Å². The summed E-state index contributed by atoms with van der Waals surface area (Å²) in [7, 11) is 0. The molecule has 5 rings (SSSR count). The largest absolute Gasteiger partial charge is 0.486 e. The minimum absolute atomic E-state index is 0.0240. The molecule has 2 aromatic carbocycles. The van der Waals surface area contributed by atoms with Gasteiger partial charge in [0.05, 0.1) is 24.0 Å². The zero-order valence-corrected chi connectivity index (χ0v) is 20.2. The third-order valence-corrected chi connectivity index (χ3v) is 6.46. The van der Waals surface area contributed by atoms with Crippen LogP contribution >= 0.6 is 0 Å². The number of aromatic nitrogens is 2. The molecule has 1 aromatic heterocycles.